The highest BCUT2D eigenvalue weighted by Crippen LogP contribution is 2.22. The van der Waals surface area contributed by atoms with Gasteiger partial charge in [-0.1, -0.05) is 24.3 Å². The number of fused-ring (bicyclic) bond motifs is 1. The van der Waals surface area contributed by atoms with E-state index in [2.05, 4.69) is 4.98 Å². The van der Waals surface area contributed by atoms with Gasteiger partial charge in [-0.3, -0.25) is 4.79 Å². The van der Waals surface area contributed by atoms with E-state index < -0.39 is 9.84 Å². The van der Waals surface area contributed by atoms with Gasteiger partial charge in [-0.2, -0.15) is 0 Å². The minimum atomic E-state index is -3.54. The number of pyridine rings is 1. The average molecular weight is 404 g/mol. The molecule has 5 nitrogen and oxygen atoms in total. The normalized spacial score (nSPS) is 11.6. The molecule has 0 N–H and O–H groups in total. The predicted octanol–water partition coefficient (Wildman–Crippen LogP) is 4.29. The van der Waals surface area contributed by atoms with Crippen LogP contribution in [0, 0.1) is 6.92 Å². The second-order valence-corrected chi connectivity index (χ2v) is 8.95. The molecule has 6 heteroatoms. The molecule has 0 fully saturated rings. The molecular formula is C23H20N2O3S. The van der Waals surface area contributed by atoms with Crippen LogP contribution in [0.3, 0.4) is 0 Å². The molecule has 0 aliphatic rings. The zero-order valence-electron chi connectivity index (χ0n) is 15.9. The number of hydrogen-bond acceptors (Lipinski definition) is 4. The third-order valence-corrected chi connectivity index (χ3v) is 6.65. The average Bonchev–Trinajstić information content (AvgIpc) is 3.20. The van der Waals surface area contributed by atoms with Gasteiger partial charge >= 0.3 is 0 Å². The first kappa shape index (κ1) is 19.1. The monoisotopic (exact) mass is 404 g/mol. The summed E-state index contributed by atoms with van der Waals surface area (Å²) in [6, 6.07) is 17.2. The molecule has 0 saturated carbocycles. The van der Waals surface area contributed by atoms with Crippen molar-refractivity contribution in [2.24, 2.45) is 0 Å². The lowest BCUT2D eigenvalue weighted by Gasteiger charge is -2.07. The molecule has 2 heterocycles. The summed E-state index contributed by atoms with van der Waals surface area (Å²) in [5, 5.41) is 0. The van der Waals surface area contributed by atoms with Gasteiger partial charge in [0.25, 0.3) is 0 Å². The largest absolute Gasteiger partial charge is 0.306 e. The number of carbonyl (C=O) groups excluding carboxylic acids is 1. The minimum absolute atomic E-state index is 0.0389. The summed E-state index contributed by atoms with van der Waals surface area (Å²) in [6.45, 7) is 1.86. The van der Waals surface area contributed by atoms with Crippen molar-refractivity contribution in [1.29, 1.82) is 0 Å². The van der Waals surface area contributed by atoms with Crippen LogP contribution in [0.1, 0.15) is 27.9 Å². The van der Waals surface area contributed by atoms with Crippen LogP contribution in [0.2, 0.25) is 0 Å². The molecule has 0 saturated heterocycles. The Balaban J connectivity index is 1.46. The van der Waals surface area contributed by atoms with E-state index in [0.29, 0.717) is 18.4 Å². The number of benzene rings is 2. The van der Waals surface area contributed by atoms with Gasteiger partial charge in [0.05, 0.1) is 9.79 Å². The van der Waals surface area contributed by atoms with Crippen molar-refractivity contribution in [3.8, 4) is 0 Å². The predicted molar refractivity (Wildman–Crippen MR) is 111 cm³/mol. The van der Waals surface area contributed by atoms with E-state index >= 15 is 0 Å². The van der Waals surface area contributed by atoms with E-state index in [0.717, 1.165) is 16.8 Å². The molecule has 29 heavy (non-hydrogen) atoms. The molecule has 0 amide bonds. The Morgan fingerprint density at radius 3 is 2.55 bits per heavy atom. The molecule has 4 rings (SSSR count). The fourth-order valence-corrected chi connectivity index (χ4v) is 4.61. The van der Waals surface area contributed by atoms with Gasteiger partial charge in [0.1, 0.15) is 5.65 Å². The molecule has 2 aromatic heterocycles. The van der Waals surface area contributed by atoms with Crippen LogP contribution in [0.5, 0.6) is 0 Å². The fourth-order valence-electron chi connectivity index (χ4n) is 3.24. The smallest absolute Gasteiger partial charge is 0.206 e. The third-order valence-electron chi connectivity index (χ3n) is 4.88. The summed E-state index contributed by atoms with van der Waals surface area (Å²) in [7, 11) is -3.54. The molecule has 146 valence electrons. The highest BCUT2D eigenvalue weighted by Gasteiger charge is 2.17. The van der Waals surface area contributed by atoms with Crippen molar-refractivity contribution < 1.29 is 13.2 Å². The lowest BCUT2D eigenvalue weighted by molar-refractivity contribution is 0.0982. The maximum absolute atomic E-state index is 12.8. The molecule has 0 bridgehead atoms. The fraction of sp³-hybridized carbons (Fsp3) is 0.130. The highest BCUT2D eigenvalue weighted by molar-refractivity contribution is 7.91. The zero-order valence-corrected chi connectivity index (χ0v) is 16.8. The van der Waals surface area contributed by atoms with Crippen molar-refractivity contribution in [3.05, 3.63) is 95.9 Å². The maximum atomic E-state index is 12.8. The second-order valence-electron chi connectivity index (χ2n) is 7.00. The number of rotatable bonds is 6. The lowest BCUT2D eigenvalue weighted by Crippen LogP contribution is -2.04. The molecule has 0 radical (unpaired) electrons. The SMILES string of the molecule is Cc1cccc(S(=O)(=O)c2ccc(CCC(=O)c3ccc4nccn4c3)cc2)c1. The quantitative estimate of drug-likeness (QED) is 0.450. The van der Waals surface area contributed by atoms with Gasteiger partial charge in [-0.15, -0.1) is 0 Å². The summed E-state index contributed by atoms with van der Waals surface area (Å²) in [4.78, 5) is 17.2. The van der Waals surface area contributed by atoms with Crippen molar-refractivity contribution in [2.45, 2.75) is 29.6 Å². The van der Waals surface area contributed by atoms with Crippen LogP contribution in [0.25, 0.3) is 5.65 Å². The van der Waals surface area contributed by atoms with Gasteiger partial charge in [-0.05, 0) is 60.9 Å². The maximum Gasteiger partial charge on any atom is 0.206 e. The molecule has 0 aliphatic heterocycles. The number of Topliss-reactive ketones (excluding diaryl/α,β-unsaturated/α-hetero) is 1. The van der Waals surface area contributed by atoms with Crippen LogP contribution in [-0.2, 0) is 16.3 Å². The Morgan fingerprint density at radius 2 is 1.79 bits per heavy atom. The first-order valence-electron chi connectivity index (χ1n) is 9.30. The topological polar surface area (TPSA) is 68.5 Å². The first-order valence-corrected chi connectivity index (χ1v) is 10.8. The number of nitrogens with zero attached hydrogens (tertiary/aromatic N) is 2. The molecular weight excluding hydrogens is 384 g/mol. The van der Waals surface area contributed by atoms with Gasteiger partial charge in [0.2, 0.25) is 9.84 Å². The number of ketones is 1. The van der Waals surface area contributed by atoms with Crippen LogP contribution in [0.15, 0.2) is 89.0 Å². The number of aromatic nitrogens is 2. The summed E-state index contributed by atoms with van der Waals surface area (Å²) in [5.74, 6) is 0.0389. The van der Waals surface area contributed by atoms with Crippen molar-refractivity contribution in [3.63, 3.8) is 0 Å². The van der Waals surface area contributed by atoms with E-state index in [1.54, 1.807) is 67.1 Å². The molecule has 0 spiro atoms. The highest BCUT2D eigenvalue weighted by atomic mass is 32.2. The van der Waals surface area contributed by atoms with Gasteiger partial charge in [0.15, 0.2) is 5.78 Å². The number of imidazole rings is 1. The number of carbonyl (C=O) groups is 1. The number of sulfone groups is 1. The van der Waals surface area contributed by atoms with E-state index in [4.69, 9.17) is 0 Å². The lowest BCUT2D eigenvalue weighted by atomic mass is 10.0. The Labute approximate surface area is 169 Å². The van der Waals surface area contributed by atoms with Crippen molar-refractivity contribution in [1.82, 2.24) is 9.38 Å². The van der Waals surface area contributed by atoms with Crippen LogP contribution in [0.4, 0.5) is 0 Å². The molecule has 2 aromatic carbocycles. The van der Waals surface area contributed by atoms with E-state index in [9.17, 15) is 13.2 Å². The first-order chi connectivity index (χ1) is 13.9. The molecule has 0 unspecified atom stereocenters. The van der Waals surface area contributed by atoms with Crippen LogP contribution < -0.4 is 0 Å². The summed E-state index contributed by atoms with van der Waals surface area (Å²) in [5.41, 5.74) is 3.25. The Morgan fingerprint density at radius 1 is 1.00 bits per heavy atom. The Bertz CT molecular complexity index is 1290. The van der Waals surface area contributed by atoms with Gasteiger partial charge < -0.3 is 4.40 Å². The molecule has 0 aliphatic carbocycles. The Kier molecular flexibility index (Phi) is 5.03. The molecule has 0 atom stereocenters. The summed E-state index contributed by atoms with van der Waals surface area (Å²) >= 11 is 0. The van der Waals surface area contributed by atoms with Crippen LogP contribution in [-0.4, -0.2) is 23.6 Å². The summed E-state index contributed by atoms with van der Waals surface area (Å²) < 4.78 is 27.4. The zero-order chi connectivity index (χ0) is 20.4. The van der Waals surface area contributed by atoms with Crippen molar-refractivity contribution in [2.75, 3.05) is 0 Å². The van der Waals surface area contributed by atoms with Crippen molar-refractivity contribution >= 4 is 21.3 Å². The van der Waals surface area contributed by atoms with Gasteiger partial charge in [0, 0.05) is 30.6 Å². The Hall–Kier alpha value is -3.25. The van der Waals surface area contributed by atoms with E-state index in [1.807, 2.05) is 23.5 Å². The molecule has 4 aromatic rings. The van der Waals surface area contributed by atoms with E-state index in [-0.39, 0.29) is 15.6 Å². The van der Waals surface area contributed by atoms with Gasteiger partial charge in [-0.25, -0.2) is 13.4 Å². The number of hydrogen-bond donors (Lipinski definition) is 0. The van der Waals surface area contributed by atoms with E-state index in [1.165, 1.54) is 0 Å². The summed E-state index contributed by atoms with van der Waals surface area (Å²) in [6.07, 6.45) is 6.17. The minimum Gasteiger partial charge on any atom is -0.306 e. The standard InChI is InChI=1S/C23H20N2O3S/c1-17-3-2-4-21(15-17)29(27,28)20-9-5-18(6-10-20)7-11-22(26)19-8-12-23-24-13-14-25(23)16-19/h2-6,8-10,12-16H,7,11H2,1H3. The third kappa shape index (κ3) is 3.98. The van der Waals surface area contributed by atoms with Crippen LogP contribution >= 0.6 is 0 Å². The number of aryl methyl sites for hydroxylation is 2. The second kappa shape index (κ2) is 7.64.